The van der Waals surface area contributed by atoms with Crippen molar-refractivity contribution in [3.63, 3.8) is 0 Å². The summed E-state index contributed by atoms with van der Waals surface area (Å²) in [4.78, 5) is 12.2. The molecule has 0 radical (unpaired) electrons. The van der Waals surface area contributed by atoms with Crippen molar-refractivity contribution >= 4 is 40.9 Å². The summed E-state index contributed by atoms with van der Waals surface area (Å²) >= 11 is 12.2. The number of para-hydroxylation sites is 1. The Morgan fingerprint density at radius 2 is 1.81 bits per heavy atom. The second kappa shape index (κ2) is 7.92. The summed E-state index contributed by atoms with van der Waals surface area (Å²) in [6.07, 6.45) is 1.38. The number of hydrogen-bond acceptors (Lipinski definition) is 3. The molecule has 1 aromatic heterocycles. The van der Waals surface area contributed by atoms with Crippen LogP contribution in [0, 0.1) is 11.3 Å². The quantitative estimate of drug-likeness (QED) is 0.457. The van der Waals surface area contributed by atoms with Crippen molar-refractivity contribution < 1.29 is 9.21 Å². The monoisotopic (exact) mass is 382 g/mol. The number of benzene rings is 2. The molecular weight excluding hydrogens is 371 g/mol. The zero-order chi connectivity index (χ0) is 18.5. The lowest BCUT2D eigenvalue weighted by atomic mass is 10.2. The molecule has 0 fully saturated rings. The van der Waals surface area contributed by atoms with Crippen LogP contribution >= 0.6 is 23.2 Å². The Kier molecular flexibility index (Phi) is 5.43. The standard InChI is InChI=1S/C20H12Cl2N2O2/c21-17-8-4-7-16(19(17)22)18-10-9-15(26-18)11-13(12-23)20(25)24-14-5-2-1-3-6-14/h1-11H,(H,24,25). The molecule has 128 valence electrons. The smallest absolute Gasteiger partial charge is 0.266 e. The maximum absolute atomic E-state index is 12.2. The SMILES string of the molecule is N#CC(=Cc1ccc(-c2cccc(Cl)c2Cl)o1)C(=O)Nc1ccccc1. The van der Waals surface area contributed by atoms with E-state index < -0.39 is 5.91 Å². The van der Waals surface area contributed by atoms with Crippen LogP contribution in [-0.4, -0.2) is 5.91 Å². The maximum Gasteiger partial charge on any atom is 0.266 e. The first kappa shape index (κ1) is 17.8. The van der Waals surface area contributed by atoms with Crippen LogP contribution in [0.25, 0.3) is 17.4 Å². The Labute approximate surface area is 160 Å². The van der Waals surface area contributed by atoms with Crippen LogP contribution in [0.2, 0.25) is 10.0 Å². The highest BCUT2D eigenvalue weighted by atomic mass is 35.5. The van der Waals surface area contributed by atoms with Crippen LogP contribution in [0.5, 0.6) is 0 Å². The Morgan fingerprint density at radius 1 is 1.04 bits per heavy atom. The van der Waals surface area contributed by atoms with E-state index in [1.807, 2.05) is 12.1 Å². The van der Waals surface area contributed by atoms with Gasteiger partial charge in [0.05, 0.1) is 10.0 Å². The van der Waals surface area contributed by atoms with Crippen molar-refractivity contribution in [2.45, 2.75) is 0 Å². The Balaban J connectivity index is 1.84. The van der Waals surface area contributed by atoms with Gasteiger partial charge in [0, 0.05) is 17.3 Å². The fraction of sp³-hybridized carbons (Fsp3) is 0. The largest absolute Gasteiger partial charge is 0.457 e. The molecule has 26 heavy (non-hydrogen) atoms. The molecule has 0 atom stereocenters. The first-order valence-corrected chi connectivity index (χ1v) is 8.36. The van der Waals surface area contributed by atoms with Crippen molar-refractivity contribution in [2.24, 2.45) is 0 Å². The number of amides is 1. The van der Waals surface area contributed by atoms with E-state index in [0.717, 1.165) is 0 Å². The van der Waals surface area contributed by atoms with Gasteiger partial charge < -0.3 is 9.73 Å². The van der Waals surface area contributed by atoms with E-state index in [1.165, 1.54) is 6.08 Å². The number of rotatable bonds is 4. The summed E-state index contributed by atoms with van der Waals surface area (Å²) in [6.45, 7) is 0. The minimum Gasteiger partial charge on any atom is -0.457 e. The molecule has 0 aliphatic rings. The molecule has 1 N–H and O–H groups in total. The van der Waals surface area contributed by atoms with Crippen LogP contribution < -0.4 is 5.32 Å². The Morgan fingerprint density at radius 3 is 2.54 bits per heavy atom. The zero-order valence-corrected chi connectivity index (χ0v) is 14.9. The minimum atomic E-state index is -0.516. The second-order valence-corrected chi connectivity index (χ2v) is 6.08. The van der Waals surface area contributed by atoms with Crippen molar-refractivity contribution in [2.75, 3.05) is 5.32 Å². The second-order valence-electron chi connectivity index (χ2n) is 5.29. The van der Waals surface area contributed by atoms with Gasteiger partial charge in [-0.15, -0.1) is 0 Å². The molecule has 1 amide bonds. The van der Waals surface area contributed by atoms with Crippen LogP contribution in [0.15, 0.2) is 70.7 Å². The molecule has 4 nitrogen and oxygen atoms in total. The predicted octanol–water partition coefficient (Wildman–Crippen LogP) is 5.80. The van der Waals surface area contributed by atoms with Gasteiger partial charge >= 0.3 is 0 Å². The van der Waals surface area contributed by atoms with Crippen molar-refractivity contribution in [3.05, 3.63) is 82.0 Å². The van der Waals surface area contributed by atoms with Gasteiger partial charge in [-0.1, -0.05) is 47.5 Å². The van der Waals surface area contributed by atoms with Crippen molar-refractivity contribution in [1.82, 2.24) is 0 Å². The van der Waals surface area contributed by atoms with Crippen LogP contribution in [0.4, 0.5) is 5.69 Å². The molecule has 3 aromatic rings. The van der Waals surface area contributed by atoms with Gasteiger partial charge in [0.15, 0.2) is 0 Å². The number of anilines is 1. The third-order valence-corrected chi connectivity index (χ3v) is 4.35. The topological polar surface area (TPSA) is 66.0 Å². The zero-order valence-electron chi connectivity index (χ0n) is 13.4. The van der Waals surface area contributed by atoms with Gasteiger partial charge in [0.25, 0.3) is 5.91 Å². The van der Waals surface area contributed by atoms with Gasteiger partial charge in [-0.25, -0.2) is 0 Å². The number of nitrogens with zero attached hydrogens (tertiary/aromatic N) is 1. The number of nitriles is 1. The molecule has 0 saturated carbocycles. The number of halogens is 2. The first-order chi connectivity index (χ1) is 12.6. The fourth-order valence-electron chi connectivity index (χ4n) is 2.28. The first-order valence-electron chi connectivity index (χ1n) is 7.61. The number of hydrogen-bond donors (Lipinski definition) is 1. The lowest BCUT2D eigenvalue weighted by molar-refractivity contribution is -0.112. The molecular formula is C20H12Cl2N2O2. The third kappa shape index (κ3) is 3.97. The van der Waals surface area contributed by atoms with E-state index in [1.54, 1.807) is 54.6 Å². The molecule has 0 saturated heterocycles. The Bertz CT molecular complexity index is 1020. The van der Waals surface area contributed by atoms with Crippen LogP contribution in [-0.2, 0) is 4.79 Å². The third-order valence-electron chi connectivity index (χ3n) is 3.53. The minimum absolute atomic E-state index is 0.0769. The number of carbonyl (C=O) groups is 1. The normalized spacial score (nSPS) is 11.0. The average molecular weight is 383 g/mol. The van der Waals surface area contributed by atoms with Crippen LogP contribution in [0.1, 0.15) is 5.76 Å². The number of furan rings is 1. The van der Waals surface area contributed by atoms with E-state index in [-0.39, 0.29) is 5.57 Å². The molecule has 0 spiro atoms. The predicted molar refractivity (Wildman–Crippen MR) is 103 cm³/mol. The van der Waals surface area contributed by atoms with E-state index in [9.17, 15) is 10.1 Å². The van der Waals surface area contributed by atoms with Gasteiger partial charge in [-0.2, -0.15) is 5.26 Å². The summed E-state index contributed by atoms with van der Waals surface area (Å²) < 4.78 is 5.69. The van der Waals surface area contributed by atoms with E-state index in [0.29, 0.717) is 32.8 Å². The van der Waals surface area contributed by atoms with Crippen molar-refractivity contribution in [1.29, 1.82) is 5.26 Å². The van der Waals surface area contributed by atoms with Gasteiger partial charge in [-0.05, 0) is 36.4 Å². The molecule has 1 heterocycles. The molecule has 3 rings (SSSR count). The number of carbonyl (C=O) groups excluding carboxylic acids is 1. The van der Waals surface area contributed by atoms with Gasteiger partial charge in [0.2, 0.25) is 0 Å². The summed E-state index contributed by atoms with van der Waals surface area (Å²) in [7, 11) is 0. The maximum atomic E-state index is 12.2. The van der Waals surface area contributed by atoms with Gasteiger partial charge in [0.1, 0.15) is 23.2 Å². The summed E-state index contributed by atoms with van der Waals surface area (Å²) in [5.74, 6) is 0.331. The molecule has 0 aliphatic carbocycles. The van der Waals surface area contributed by atoms with Crippen LogP contribution in [0.3, 0.4) is 0 Å². The number of nitrogens with one attached hydrogen (secondary N) is 1. The fourth-order valence-corrected chi connectivity index (χ4v) is 2.67. The molecule has 0 unspecified atom stereocenters. The van der Waals surface area contributed by atoms with E-state index in [4.69, 9.17) is 27.6 Å². The summed E-state index contributed by atoms with van der Waals surface area (Å²) in [5, 5.41) is 12.7. The molecule has 0 bridgehead atoms. The highest BCUT2D eigenvalue weighted by molar-refractivity contribution is 6.43. The van der Waals surface area contributed by atoms with Gasteiger partial charge in [-0.3, -0.25) is 4.79 Å². The Hall–Kier alpha value is -3.00. The highest BCUT2D eigenvalue weighted by Gasteiger charge is 2.13. The highest BCUT2D eigenvalue weighted by Crippen LogP contribution is 2.34. The average Bonchev–Trinajstić information content (AvgIpc) is 3.11. The lowest BCUT2D eigenvalue weighted by Gasteiger charge is -2.03. The van der Waals surface area contributed by atoms with Crippen molar-refractivity contribution in [3.8, 4) is 17.4 Å². The van der Waals surface area contributed by atoms with E-state index in [2.05, 4.69) is 5.32 Å². The van der Waals surface area contributed by atoms with E-state index >= 15 is 0 Å². The summed E-state index contributed by atoms with van der Waals surface area (Å²) in [6, 6.07) is 19.3. The molecule has 2 aromatic carbocycles. The molecule has 6 heteroatoms. The molecule has 0 aliphatic heterocycles. The summed E-state index contributed by atoms with van der Waals surface area (Å²) in [5.41, 5.74) is 1.16. The lowest BCUT2D eigenvalue weighted by Crippen LogP contribution is -2.13.